The smallest absolute Gasteiger partial charge is 0.120 e. The van der Waals surface area contributed by atoms with Crippen molar-refractivity contribution in [2.24, 2.45) is 0 Å². The van der Waals surface area contributed by atoms with Crippen LogP contribution in [0.3, 0.4) is 0 Å². The Kier molecular flexibility index (Phi) is 4.77. The standard InChI is InChI=1S/C15H13BrCl2O/c1-9-3-4-10(17)7-13(9)15(18)12-6-5-11(19-2)8-14(12)16/h3-8,15H,1-2H3. The lowest BCUT2D eigenvalue weighted by molar-refractivity contribution is 0.414. The number of halogens is 3. The topological polar surface area (TPSA) is 9.23 Å². The second-order valence-corrected chi connectivity index (χ2v) is 5.98. The molecule has 0 N–H and O–H groups in total. The zero-order chi connectivity index (χ0) is 14.0. The second kappa shape index (κ2) is 6.17. The molecule has 2 aromatic carbocycles. The van der Waals surface area contributed by atoms with Crippen LogP contribution >= 0.6 is 39.1 Å². The molecule has 1 unspecified atom stereocenters. The number of hydrogen-bond donors (Lipinski definition) is 0. The average Bonchev–Trinajstić information content (AvgIpc) is 2.40. The lowest BCUT2D eigenvalue weighted by atomic mass is 10.00. The summed E-state index contributed by atoms with van der Waals surface area (Å²) in [5.74, 6) is 0.794. The summed E-state index contributed by atoms with van der Waals surface area (Å²) in [4.78, 5) is 0. The number of methoxy groups -OCH3 is 1. The van der Waals surface area contributed by atoms with Gasteiger partial charge in [0, 0.05) is 9.50 Å². The van der Waals surface area contributed by atoms with Gasteiger partial charge in [-0.2, -0.15) is 0 Å². The van der Waals surface area contributed by atoms with Crippen LogP contribution in [-0.4, -0.2) is 7.11 Å². The maximum absolute atomic E-state index is 6.58. The summed E-state index contributed by atoms with van der Waals surface area (Å²) in [6.45, 7) is 2.03. The van der Waals surface area contributed by atoms with Gasteiger partial charge in [0.15, 0.2) is 0 Å². The van der Waals surface area contributed by atoms with Gasteiger partial charge in [0.2, 0.25) is 0 Å². The Morgan fingerprint density at radius 2 is 1.84 bits per heavy atom. The Hall–Kier alpha value is -0.700. The fourth-order valence-electron chi connectivity index (χ4n) is 1.89. The Balaban J connectivity index is 2.43. The molecule has 0 aliphatic heterocycles. The molecule has 0 aliphatic rings. The van der Waals surface area contributed by atoms with E-state index in [0.29, 0.717) is 5.02 Å². The summed E-state index contributed by atoms with van der Waals surface area (Å²) >= 11 is 16.2. The van der Waals surface area contributed by atoms with Gasteiger partial charge >= 0.3 is 0 Å². The molecular formula is C15H13BrCl2O. The molecule has 0 saturated heterocycles. The highest BCUT2D eigenvalue weighted by molar-refractivity contribution is 9.10. The van der Waals surface area contributed by atoms with Crippen molar-refractivity contribution in [3.05, 3.63) is 62.6 Å². The molecule has 0 radical (unpaired) electrons. The van der Waals surface area contributed by atoms with Crippen LogP contribution in [-0.2, 0) is 0 Å². The second-order valence-electron chi connectivity index (χ2n) is 4.25. The minimum Gasteiger partial charge on any atom is -0.497 e. The van der Waals surface area contributed by atoms with Gasteiger partial charge in [-0.15, -0.1) is 11.6 Å². The largest absolute Gasteiger partial charge is 0.497 e. The minimum absolute atomic E-state index is 0.251. The van der Waals surface area contributed by atoms with Crippen molar-refractivity contribution in [3.63, 3.8) is 0 Å². The van der Waals surface area contributed by atoms with E-state index in [1.54, 1.807) is 7.11 Å². The normalized spacial score (nSPS) is 12.3. The highest BCUT2D eigenvalue weighted by Gasteiger charge is 2.16. The van der Waals surface area contributed by atoms with E-state index in [4.69, 9.17) is 27.9 Å². The molecule has 0 aromatic heterocycles. The molecule has 0 heterocycles. The maximum atomic E-state index is 6.58. The molecule has 2 rings (SSSR count). The van der Waals surface area contributed by atoms with E-state index >= 15 is 0 Å². The van der Waals surface area contributed by atoms with Crippen molar-refractivity contribution in [3.8, 4) is 5.75 Å². The minimum atomic E-state index is -0.251. The van der Waals surface area contributed by atoms with Crippen LogP contribution in [0.2, 0.25) is 5.02 Å². The number of rotatable bonds is 3. The van der Waals surface area contributed by atoms with Crippen LogP contribution in [0.1, 0.15) is 22.1 Å². The van der Waals surface area contributed by atoms with Gasteiger partial charge < -0.3 is 4.74 Å². The highest BCUT2D eigenvalue weighted by atomic mass is 79.9. The molecule has 2 aromatic rings. The molecule has 0 fully saturated rings. The van der Waals surface area contributed by atoms with Crippen LogP contribution < -0.4 is 4.74 Å². The van der Waals surface area contributed by atoms with E-state index < -0.39 is 0 Å². The van der Waals surface area contributed by atoms with Crippen LogP contribution in [0.25, 0.3) is 0 Å². The van der Waals surface area contributed by atoms with Crippen molar-refractivity contribution >= 4 is 39.1 Å². The van der Waals surface area contributed by atoms with E-state index in [1.807, 2.05) is 43.3 Å². The quantitative estimate of drug-likeness (QED) is 0.634. The number of aryl methyl sites for hydroxylation is 1. The molecule has 0 aliphatic carbocycles. The molecular weight excluding hydrogens is 347 g/mol. The summed E-state index contributed by atoms with van der Waals surface area (Å²) in [5.41, 5.74) is 3.12. The number of benzene rings is 2. The molecule has 0 bridgehead atoms. The Morgan fingerprint density at radius 1 is 1.11 bits per heavy atom. The van der Waals surface area contributed by atoms with Gasteiger partial charge in [-0.05, 0) is 47.9 Å². The van der Waals surface area contributed by atoms with Gasteiger partial charge in [0.25, 0.3) is 0 Å². The van der Waals surface area contributed by atoms with Crippen molar-refractivity contribution in [1.29, 1.82) is 0 Å². The third-order valence-corrected chi connectivity index (χ3v) is 4.39. The SMILES string of the molecule is COc1ccc(C(Cl)c2cc(Cl)ccc2C)c(Br)c1. The number of alkyl halides is 1. The molecule has 1 nitrogen and oxygen atoms in total. The molecule has 1 atom stereocenters. The molecule has 0 amide bonds. The average molecular weight is 360 g/mol. The van der Waals surface area contributed by atoms with Crippen molar-refractivity contribution < 1.29 is 4.74 Å². The first-order valence-electron chi connectivity index (χ1n) is 5.76. The lowest BCUT2D eigenvalue weighted by Gasteiger charge is -2.16. The van der Waals surface area contributed by atoms with Crippen LogP contribution in [0, 0.1) is 6.92 Å². The van der Waals surface area contributed by atoms with Crippen LogP contribution in [0.4, 0.5) is 0 Å². The van der Waals surface area contributed by atoms with Crippen molar-refractivity contribution in [2.45, 2.75) is 12.3 Å². The fourth-order valence-corrected chi connectivity index (χ4v) is 3.22. The third kappa shape index (κ3) is 3.25. The van der Waals surface area contributed by atoms with Gasteiger partial charge in [0.1, 0.15) is 5.75 Å². The third-order valence-electron chi connectivity index (χ3n) is 3.00. The Bertz CT molecular complexity index is 599. The fraction of sp³-hybridized carbons (Fsp3) is 0.200. The Labute approximate surface area is 131 Å². The predicted molar refractivity (Wildman–Crippen MR) is 84.6 cm³/mol. The molecule has 0 spiro atoms. The van der Waals surface area contributed by atoms with Crippen molar-refractivity contribution in [2.75, 3.05) is 7.11 Å². The molecule has 0 saturated carbocycles. The summed E-state index contributed by atoms with van der Waals surface area (Å²) in [7, 11) is 1.64. The maximum Gasteiger partial charge on any atom is 0.120 e. The summed E-state index contributed by atoms with van der Waals surface area (Å²) in [5, 5.41) is 0.440. The van der Waals surface area contributed by atoms with E-state index in [-0.39, 0.29) is 5.38 Å². The highest BCUT2D eigenvalue weighted by Crippen LogP contribution is 2.37. The predicted octanol–water partition coefficient (Wildman–Crippen LogP) is 5.75. The van der Waals surface area contributed by atoms with Crippen LogP contribution in [0.5, 0.6) is 5.75 Å². The number of hydrogen-bond acceptors (Lipinski definition) is 1. The zero-order valence-corrected chi connectivity index (χ0v) is 13.7. The van der Waals surface area contributed by atoms with Gasteiger partial charge in [0.05, 0.1) is 12.5 Å². The van der Waals surface area contributed by atoms with Gasteiger partial charge in [-0.25, -0.2) is 0 Å². The summed E-state index contributed by atoms with van der Waals surface area (Å²) in [6.07, 6.45) is 0. The van der Waals surface area contributed by atoms with Gasteiger partial charge in [-0.1, -0.05) is 39.7 Å². The lowest BCUT2D eigenvalue weighted by Crippen LogP contribution is -1.98. The first-order chi connectivity index (χ1) is 9.02. The molecule has 4 heteroatoms. The number of ether oxygens (including phenoxy) is 1. The first kappa shape index (κ1) is 14.7. The van der Waals surface area contributed by atoms with E-state index in [1.165, 1.54) is 0 Å². The zero-order valence-electron chi connectivity index (χ0n) is 10.6. The summed E-state index contributed by atoms with van der Waals surface area (Å²) < 4.78 is 6.11. The van der Waals surface area contributed by atoms with E-state index in [0.717, 1.165) is 26.9 Å². The molecule has 100 valence electrons. The van der Waals surface area contributed by atoms with Crippen LogP contribution in [0.15, 0.2) is 40.9 Å². The monoisotopic (exact) mass is 358 g/mol. The van der Waals surface area contributed by atoms with E-state index in [9.17, 15) is 0 Å². The van der Waals surface area contributed by atoms with Gasteiger partial charge in [-0.3, -0.25) is 0 Å². The first-order valence-corrected chi connectivity index (χ1v) is 7.37. The van der Waals surface area contributed by atoms with Crippen molar-refractivity contribution in [1.82, 2.24) is 0 Å². The molecule has 19 heavy (non-hydrogen) atoms. The summed E-state index contributed by atoms with van der Waals surface area (Å²) in [6, 6.07) is 11.5. The Morgan fingerprint density at radius 3 is 2.47 bits per heavy atom. The van der Waals surface area contributed by atoms with E-state index in [2.05, 4.69) is 15.9 Å².